The van der Waals surface area contributed by atoms with E-state index in [1.165, 1.54) is 12.1 Å². The fourth-order valence-corrected chi connectivity index (χ4v) is 3.28. The molecule has 2 N–H and O–H groups in total. The molecule has 0 heterocycles. The van der Waals surface area contributed by atoms with E-state index in [2.05, 4.69) is 15.2 Å². The molecule has 0 radical (unpaired) electrons. The van der Waals surface area contributed by atoms with Gasteiger partial charge in [-0.2, -0.15) is 8.42 Å². The van der Waals surface area contributed by atoms with Gasteiger partial charge in [-0.3, -0.25) is 15.6 Å². The van der Waals surface area contributed by atoms with E-state index < -0.39 is 15.9 Å². The normalized spacial score (nSPS) is 11.6. The first-order valence-corrected chi connectivity index (χ1v) is 9.57. The van der Waals surface area contributed by atoms with Crippen LogP contribution in [0.15, 0.2) is 100 Å². The van der Waals surface area contributed by atoms with Gasteiger partial charge in [0.25, 0.3) is 15.9 Å². The van der Waals surface area contributed by atoms with E-state index in [-0.39, 0.29) is 10.7 Å². The van der Waals surface area contributed by atoms with Crippen molar-refractivity contribution in [3.63, 3.8) is 0 Å². The van der Waals surface area contributed by atoms with Crippen molar-refractivity contribution in [3.8, 4) is 0 Å². The number of amides is 1. The van der Waals surface area contributed by atoms with Gasteiger partial charge in [0.2, 0.25) is 0 Å². The number of hydrazine groups is 1. The number of nitrogens with one attached hydrogen (secondary N) is 2. The fraction of sp³-hybridized carbons (Fsp3) is 0. The summed E-state index contributed by atoms with van der Waals surface area (Å²) in [7, 11) is -3.95. The summed E-state index contributed by atoms with van der Waals surface area (Å²) in [5.74, 6) is -0.389. The highest BCUT2D eigenvalue weighted by Crippen LogP contribution is 2.13. The predicted octanol–water partition coefficient (Wildman–Crippen LogP) is 2.76. The van der Waals surface area contributed by atoms with Gasteiger partial charge < -0.3 is 0 Å². The van der Waals surface area contributed by atoms with Crippen LogP contribution in [0.25, 0.3) is 0 Å². The van der Waals surface area contributed by atoms with Crippen LogP contribution in [0.4, 0.5) is 0 Å². The molecule has 0 aromatic heterocycles. The van der Waals surface area contributed by atoms with Crippen LogP contribution in [0, 0.1) is 0 Å². The molecule has 3 aromatic carbocycles. The number of carbonyl (C=O) groups is 1. The van der Waals surface area contributed by atoms with Gasteiger partial charge in [0, 0.05) is 11.1 Å². The van der Waals surface area contributed by atoms with Gasteiger partial charge in [0.05, 0.1) is 4.90 Å². The van der Waals surface area contributed by atoms with Crippen molar-refractivity contribution in [1.82, 2.24) is 10.9 Å². The van der Waals surface area contributed by atoms with Gasteiger partial charge in [0.15, 0.2) is 5.84 Å². The SMILES string of the molecule is O=C(NNC(=NS(=O)(=O)c1ccccc1)c1ccccc1)c1ccccc1. The van der Waals surface area contributed by atoms with Crippen molar-refractivity contribution >= 4 is 21.8 Å². The van der Waals surface area contributed by atoms with Crippen LogP contribution in [0.1, 0.15) is 15.9 Å². The quantitative estimate of drug-likeness (QED) is 0.415. The second-order valence-electron chi connectivity index (χ2n) is 5.54. The minimum atomic E-state index is -3.95. The van der Waals surface area contributed by atoms with Crippen molar-refractivity contribution in [1.29, 1.82) is 0 Å². The van der Waals surface area contributed by atoms with Crippen molar-refractivity contribution in [2.75, 3.05) is 0 Å². The number of rotatable bonds is 4. The first kappa shape index (κ1) is 18.3. The smallest absolute Gasteiger partial charge is 0.280 e. The van der Waals surface area contributed by atoms with Crippen molar-refractivity contribution in [2.24, 2.45) is 4.40 Å². The molecular formula is C20H17N3O3S. The van der Waals surface area contributed by atoms with Crippen molar-refractivity contribution in [2.45, 2.75) is 4.90 Å². The van der Waals surface area contributed by atoms with Gasteiger partial charge in [-0.25, -0.2) is 0 Å². The maximum Gasteiger partial charge on any atom is 0.284 e. The van der Waals surface area contributed by atoms with E-state index in [9.17, 15) is 13.2 Å². The van der Waals surface area contributed by atoms with E-state index >= 15 is 0 Å². The molecule has 27 heavy (non-hydrogen) atoms. The Morgan fingerprint density at radius 3 is 1.70 bits per heavy atom. The lowest BCUT2D eigenvalue weighted by Crippen LogP contribution is -2.42. The molecule has 0 bridgehead atoms. The summed E-state index contributed by atoms with van der Waals surface area (Å²) in [5, 5.41) is 0. The molecule has 0 aliphatic carbocycles. The molecule has 0 saturated carbocycles. The zero-order valence-corrected chi connectivity index (χ0v) is 15.1. The molecule has 0 fully saturated rings. The third-order valence-electron chi connectivity index (χ3n) is 3.63. The molecule has 0 atom stereocenters. The van der Waals surface area contributed by atoms with E-state index in [0.29, 0.717) is 11.1 Å². The van der Waals surface area contributed by atoms with E-state index in [1.54, 1.807) is 78.9 Å². The Labute approximate surface area is 157 Å². The zero-order chi connectivity index (χ0) is 19.1. The van der Waals surface area contributed by atoms with Gasteiger partial charge in [0.1, 0.15) is 0 Å². The van der Waals surface area contributed by atoms with Gasteiger partial charge in [-0.1, -0.05) is 66.7 Å². The molecule has 0 unspecified atom stereocenters. The Kier molecular flexibility index (Phi) is 5.63. The Balaban J connectivity index is 1.89. The lowest BCUT2D eigenvalue weighted by atomic mass is 10.2. The van der Waals surface area contributed by atoms with Crippen LogP contribution >= 0.6 is 0 Å². The summed E-state index contributed by atoms with van der Waals surface area (Å²) >= 11 is 0. The van der Waals surface area contributed by atoms with E-state index in [4.69, 9.17) is 0 Å². The first-order valence-electron chi connectivity index (χ1n) is 8.13. The molecule has 1 amide bonds. The Morgan fingerprint density at radius 1 is 0.667 bits per heavy atom. The molecule has 0 spiro atoms. The highest BCUT2D eigenvalue weighted by molar-refractivity contribution is 7.90. The summed E-state index contributed by atoms with van der Waals surface area (Å²) < 4.78 is 29.1. The Hall–Kier alpha value is -3.45. The minimum Gasteiger partial charge on any atom is -0.280 e. The number of benzene rings is 3. The van der Waals surface area contributed by atoms with Crippen LogP contribution in [-0.2, 0) is 10.0 Å². The van der Waals surface area contributed by atoms with Gasteiger partial charge in [-0.15, -0.1) is 4.40 Å². The zero-order valence-electron chi connectivity index (χ0n) is 14.2. The highest BCUT2D eigenvalue weighted by Gasteiger charge is 2.16. The standard InChI is InChI=1S/C20H17N3O3S/c24-20(17-12-6-2-7-13-17)22-21-19(16-10-4-1-5-11-16)23-27(25,26)18-14-8-3-9-15-18/h1-15H,(H,21,23)(H,22,24). The number of carbonyl (C=O) groups excluding carboxylic acids is 1. The number of amidine groups is 1. The molecule has 3 rings (SSSR count). The average Bonchev–Trinajstić information content (AvgIpc) is 2.73. The largest absolute Gasteiger partial charge is 0.284 e. The molecule has 0 aliphatic heterocycles. The Morgan fingerprint density at radius 2 is 1.15 bits per heavy atom. The number of hydrogen-bond acceptors (Lipinski definition) is 3. The number of sulfonamides is 1. The lowest BCUT2D eigenvalue weighted by molar-refractivity contribution is 0.0944. The van der Waals surface area contributed by atoms with E-state index in [1.807, 2.05) is 0 Å². The van der Waals surface area contributed by atoms with Crippen molar-refractivity contribution < 1.29 is 13.2 Å². The summed E-state index contributed by atoms with van der Waals surface area (Å²) in [6.07, 6.45) is 0. The van der Waals surface area contributed by atoms with Crippen LogP contribution < -0.4 is 10.9 Å². The third-order valence-corrected chi connectivity index (χ3v) is 4.92. The predicted molar refractivity (Wildman–Crippen MR) is 104 cm³/mol. The van der Waals surface area contributed by atoms with E-state index in [0.717, 1.165) is 0 Å². The lowest BCUT2D eigenvalue weighted by Gasteiger charge is -2.12. The molecule has 0 saturated heterocycles. The highest BCUT2D eigenvalue weighted by atomic mass is 32.2. The first-order chi connectivity index (χ1) is 13.1. The van der Waals surface area contributed by atoms with Crippen LogP contribution in [0.5, 0.6) is 0 Å². The third kappa shape index (κ3) is 4.80. The van der Waals surface area contributed by atoms with Crippen LogP contribution in [-0.4, -0.2) is 20.2 Å². The molecule has 0 aliphatic rings. The maximum absolute atomic E-state index is 12.6. The summed E-state index contributed by atoms with van der Waals surface area (Å²) in [6.45, 7) is 0. The molecule has 136 valence electrons. The second-order valence-corrected chi connectivity index (χ2v) is 7.14. The summed E-state index contributed by atoms with van der Waals surface area (Å²) in [5.41, 5.74) is 6.07. The summed E-state index contributed by atoms with van der Waals surface area (Å²) in [4.78, 5) is 12.3. The van der Waals surface area contributed by atoms with Gasteiger partial charge in [-0.05, 0) is 24.3 Å². The van der Waals surface area contributed by atoms with Gasteiger partial charge >= 0.3 is 0 Å². The molecule has 7 heteroatoms. The maximum atomic E-state index is 12.6. The summed E-state index contributed by atoms with van der Waals surface area (Å²) in [6, 6.07) is 25.2. The Bertz CT molecular complexity index is 1040. The van der Waals surface area contributed by atoms with Crippen LogP contribution in [0.3, 0.4) is 0 Å². The van der Waals surface area contributed by atoms with Crippen LogP contribution in [0.2, 0.25) is 0 Å². The minimum absolute atomic E-state index is 0.0173. The second kappa shape index (κ2) is 8.29. The molecular weight excluding hydrogens is 362 g/mol. The number of hydrogen-bond donors (Lipinski definition) is 2. The average molecular weight is 379 g/mol. The molecule has 3 aromatic rings. The van der Waals surface area contributed by atoms with Crippen molar-refractivity contribution in [3.05, 3.63) is 102 Å². The topological polar surface area (TPSA) is 87.6 Å². The number of nitrogens with zero attached hydrogens (tertiary/aromatic N) is 1. The monoisotopic (exact) mass is 379 g/mol. The fourth-order valence-electron chi connectivity index (χ4n) is 2.29. The molecule has 6 nitrogen and oxygen atoms in total.